The SMILES string of the molecule is Cc1ccc(C(=O)O)cc1NC(=O)C(C)(C)c1ccccc1C. The number of rotatable bonds is 4. The molecular weight excluding hydrogens is 290 g/mol. The lowest BCUT2D eigenvalue weighted by Crippen LogP contribution is -2.35. The van der Waals surface area contributed by atoms with Gasteiger partial charge >= 0.3 is 5.97 Å². The number of anilines is 1. The van der Waals surface area contributed by atoms with Crippen LogP contribution in [0.25, 0.3) is 0 Å². The molecule has 0 aliphatic carbocycles. The fraction of sp³-hybridized carbons (Fsp3) is 0.263. The summed E-state index contributed by atoms with van der Waals surface area (Å²) in [6, 6.07) is 12.5. The number of benzene rings is 2. The molecule has 2 aromatic rings. The summed E-state index contributed by atoms with van der Waals surface area (Å²) in [5.41, 5.74) is 2.77. The van der Waals surface area contributed by atoms with Crippen molar-refractivity contribution in [1.82, 2.24) is 0 Å². The summed E-state index contributed by atoms with van der Waals surface area (Å²) >= 11 is 0. The Kier molecular flexibility index (Phi) is 4.55. The molecule has 2 rings (SSSR count). The van der Waals surface area contributed by atoms with Crippen molar-refractivity contribution in [3.63, 3.8) is 0 Å². The summed E-state index contributed by atoms with van der Waals surface area (Å²) in [6.45, 7) is 7.53. The third-order valence-electron chi connectivity index (χ3n) is 4.12. The van der Waals surface area contributed by atoms with Crippen LogP contribution in [-0.2, 0) is 10.2 Å². The predicted molar refractivity (Wildman–Crippen MR) is 91.0 cm³/mol. The molecule has 120 valence electrons. The highest BCUT2D eigenvalue weighted by atomic mass is 16.4. The van der Waals surface area contributed by atoms with Gasteiger partial charge in [0.1, 0.15) is 0 Å². The molecule has 0 unspecified atom stereocenters. The minimum atomic E-state index is -1.02. The monoisotopic (exact) mass is 311 g/mol. The van der Waals surface area contributed by atoms with E-state index in [1.165, 1.54) is 12.1 Å². The van der Waals surface area contributed by atoms with Crippen LogP contribution in [0.4, 0.5) is 5.69 Å². The van der Waals surface area contributed by atoms with Crippen molar-refractivity contribution >= 4 is 17.6 Å². The Morgan fingerprint density at radius 3 is 2.26 bits per heavy atom. The number of hydrogen-bond acceptors (Lipinski definition) is 2. The third-order valence-corrected chi connectivity index (χ3v) is 4.12. The lowest BCUT2D eigenvalue weighted by atomic mass is 9.81. The molecule has 0 heterocycles. The molecule has 0 saturated heterocycles. The Balaban J connectivity index is 2.33. The van der Waals surface area contributed by atoms with Crippen LogP contribution in [0.5, 0.6) is 0 Å². The minimum Gasteiger partial charge on any atom is -0.478 e. The van der Waals surface area contributed by atoms with E-state index in [0.717, 1.165) is 16.7 Å². The molecule has 0 aromatic heterocycles. The second-order valence-electron chi connectivity index (χ2n) is 6.23. The second kappa shape index (κ2) is 6.24. The minimum absolute atomic E-state index is 0.152. The van der Waals surface area contributed by atoms with Gasteiger partial charge in [-0.25, -0.2) is 4.79 Å². The topological polar surface area (TPSA) is 66.4 Å². The number of carbonyl (C=O) groups excluding carboxylic acids is 1. The zero-order chi connectivity index (χ0) is 17.2. The Hall–Kier alpha value is -2.62. The van der Waals surface area contributed by atoms with Crippen molar-refractivity contribution < 1.29 is 14.7 Å². The van der Waals surface area contributed by atoms with Crippen molar-refractivity contribution in [3.05, 3.63) is 64.7 Å². The first-order valence-electron chi connectivity index (χ1n) is 7.45. The average molecular weight is 311 g/mol. The van der Waals surface area contributed by atoms with Gasteiger partial charge in [0.15, 0.2) is 0 Å². The van der Waals surface area contributed by atoms with E-state index in [1.54, 1.807) is 6.07 Å². The quantitative estimate of drug-likeness (QED) is 0.899. The molecule has 0 spiro atoms. The molecule has 0 bridgehead atoms. The average Bonchev–Trinajstić information content (AvgIpc) is 2.49. The second-order valence-corrected chi connectivity index (χ2v) is 6.23. The molecule has 0 radical (unpaired) electrons. The third kappa shape index (κ3) is 3.42. The zero-order valence-corrected chi connectivity index (χ0v) is 13.8. The van der Waals surface area contributed by atoms with E-state index in [1.807, 2.05) is 52.0 Å². The van der Waals surface area contributed by atoms with E-state index in [9.17, 15) is 9.59 Å². The Labute approximate surface area is 136 Å². The summed E-state index contributed by atoms with van der Waals surface area (Å²) in [5.74, 6) is -1.18. The molecule has 0 aliphatic rings. The maximum atomic E-state index is 12.8. The van der Waals surface area contributed by atoms with E-state index < -0.39 is 11.4 Å². The van der Waals surface area contributed by atoms with Gasteiger partial charge < -0.3 is 10.4 Å². The first-order chi connectivity index (χ1) is 10.7. The van der Waals surface area contributed by atoms with E-state index in [-0.39, 0.29) is 11.5 Å². The standard InChI is InChI=1S/C19H21NO3/c1-12-7-5-6-8-15(12)19(3,4)18(23)20-16-11-14(17(21)22)10-9-13(16)2/h5-11H,1-4H3,(H,20,23)(H,21,22). The molecule has 1 amide bonds. The highest BCUT2D eigenvalue weighted by Gasteiger charge is 2.31. The normalized spacial score (nSPS) is 11.1. The molecule has 0 fully saturated rings. The van der Waals surface area contributed by atoms with Gasteiger partial charge in [0, 0.05) is 5.69 Å². The number of carboxylic acid groups (broad SMARTS) is 1. The highest BCUT2D eigenvalue weighted by molar-refractivity contribution is 6.00. The van der Waals surface area contributed by atoms with Gasteiger partial charge in [0.05, 0.1) is 11.0 Å². The molecule has 4 heteroatoms. The van der Waals surface area contributed by atoms with Crippen molar-refractivity contribution in [1.29, 1.82) is 0 Å². The maximum Gasteiger partial charge on any atom is 0.335 e. The van der Waals surface area contributed by atoms with Gasteiger partial charge in [-0.3, -0.25) is 4.79 Å². The zero-order valence-electron chi connectivity index (χ0n) is 13.8. The van der Waals surface area contributed by atoms with E-state index in [4.69, 9.17) is 5.11 Å². The smallest absolute Gasteiger partial charge is 0.335 e. The number of aryl methyl sites for hydroxylation is 2. The molecule has 23 heavy (non-hydrogen) atoms. The van der Waals surface area contributed by atoms with Gasteiger partial charge in [0.2, 0.25) is 5.91 Å². The molecule has 2 aromatic carbocycles. The lowest BCUT2D eigenvalue weighted by molar-refractivity contribution is -0.120. The van der Waals surface area contributed by atoms with Crippen molar-refractivity contribution in [2.75, 3.05) is 5.32 Å². The van der Waals surface area contributed by atoms with Crippen LogP contribution >= 0.6 is 0 Å². The summed E-state index contributed by atoms with van der Waals surface area (Å²) in [6.07, 6.45) is 0. The fourth-order valence-electron chi connectivity index (χ4n) is 2.56. The molecule has 0 saturated carbocycles. The van der Waals surface area contributed by atoms with Crippen LogP contribution in [0.2, 0.25) is 0 Å². The van der Waals surface area contributed by atoms with Crippen LogP contribution in [0.15, 0.2) is 42.5 Å². The fourth-order valence-corrected chi connectivity index (χ4v) is 2.56. The highest BCUT2D eigenvalue weighted by Crippen LogP contribution is 2.28. The number of hydrogen-bond donors (Lipinski definition) is 2. The van der Waals surface area contributed by atoms with Crippen LogP contribution in [0.3, 0.4) is 0 Å². The van der Waals surface area contributed by atoms with Gasteiger partial charge in [0.25, 0.3) is 0 Å². The molecule has 2 N–H and O–H groups in total. The first kappa shape index (κ1) is 16.7. The number of carboxylic acids is 1. The van der Waals surface area contributed by atoms with Gasteiger partial charge in [-0.2, -0.15) is 0 Å². The Bertz CT molecular complexity index is 763. The van der Waals surface area contributed by atoms with Gasteiger partial charge in [-0.1, -0.05) is 30.3 Å². The Morgan fingerprint density at radius 1 is 1.00 bits per heavy atom. The predicted octanol–water partition coefficient (Wildman–Crippen LogP) is 3.92. The number of aromatic carboxylic acids is 1. The largest absolute Gasteiger partial charge is 0.478 e. The van der Waals surface area contributed by atoms with Crippen molar-refractivity contribution in [2.24, 2.45) is 0 Å². The first-order valence-corrected chi connectivity index (χ1v) is 7.45. The maximum absolute atomic E-state index is 12.8. The van der Waals surface area contributed by atoms with Crippen LogP contribution in [0.1, 0.15) is 40.9 Å². The molecule has 0 aliphatic heterocycles. The van der Waals surface area contributed by atoms with E-state index in [2.05, 4.69) is 5.32 Å². The van der Waals surface area contributed by atoms with Crippen LogP contribution < -0.4 is 5.32 Å². The van der Waals surface area contributed by atoms with E-state index in [0.29, 0.717) is 5.69 Å². The number of carbonyl (C=O) groups is 2. The lowest BCUT2D eigenvalue weighted by Gasteiger charge is -2.26. The van der Waals surface area contributed by atoms with Crippen LogP contribution in [-0.4, -0.2) is 17.0 Å². The Morgan fingerprint density at radius 2 is 1.65 bits per heavy atom. The molecule has 4 nitrogen and oxygen atoms in total. The summed E-state index contributed by atoms with van der Waals surface area (Å²) in [4.78, 5) is 23.9. The molecular formula is C19H21NO3. The van der Waals surface area contributed by atoms with Gasteiger partial charge in [-0.15, -0.1) is 0 Å². The van der Waals surface area contributed by atoms with Gasteiger partial charge in [-0.05, 0) is 56.5 Å². The van der Waals surface area contributed by atoms with Crippen molar-refractivity contribution in [2.45, 2.75) is 33.1 Å². The number of nitrogens with one attached hydrogen (secondary N) is 1. The molecule has 0 atom stereocenters. The number of amides is 1. The van der Waals surface area contributed by atoms with E-state index >= 15 is 0 Å². The summed E-state index contributed by atoms with van der Waals surface area (Å²) < 4.78 is 0. The van der Waals surface area contributed by atoms with Crippen molar-refractivity contribution in [3.8, 4) is 0 Å². The summed E-state index contributed by atoms with van der Waals surface area (Å²) in [7, 11) is 0. The van der Waals surface area contributed by atoms with Crippen LogP contribution in [0, 0.1) is 13.8 Å². The summed E-state index contributed by atoms with van der Waals surface area (Å²) in [5, 5.41) is 12.0.